The summed E-state index contributed by atoms with van der Waals surface area (Å²) >= 11 is 12.7. The molecule has 0 saturated carbocycles. The van der Waals surface area contributed by atoms with Crippen molar-refractivity contribution in [2.24, 2.45) is 5.41 Å². The molecule has 0 bridgehead atoms. The normalized spacial score (nSPS) is 19.9. The second-order valence-corrected chi connectivity index (χ2v) is 9.44. The molecule has 0 saturated heterocycles. The lowest BCUT2D eigenvalue weighted by atomic mass is 9.73. The van der Waals surface area contributed by atoms with E-state index in [0.29, 0.717) is 33.8 Å². The third kappa shape index (κ3) is 3.22. The summed E-state index contributed by atoms with van der Waals surface area (Å²) in [5.74, 6) is 1.31. The van der Waals surface area contributed by atoms with Gasteiger partial charge in [-0.05, 0) is 24.0 Å². The number of halogens is 2. The van der Waals surface area contributed by atoms with Crippen LogP contribution in [0.3, 0.4) is 0 Å². The number of carbonyl (C=O) groups excluding carboxylic acids is 1. The fourth-order valence-electron chi connectivity index (χ4n) is 4.33. The standard InChI is InChI=1S/C23H20Cl2N4O/c1-23(2)11-17-19(18(30)12-23)20(15-9-8-14(24)10-16(15)25)29-22(26-17)27-21(28-29)13-6-4-3-5-7-13/h3-10,20H,11-12H2,1-2H3,(H,26,27,28)/t20-/m1/s1. The molecule has 0 radical (unpaired) electrons. The number of fused-ring (bicyclic) bond motifs is 1. The summed E-state index contributed by atoms with van der Waals surface area (Å²) < 4.78 is 1.77. The molecule has 1 aromatic heterocycles. The molecule has 1 aliphatic heterocycles. The van der Waals surface area contributed by atoms with Crippen LogP contribution in [-0.4, -0.2) is 20.5 Å². The molecule has 1 atom stereocenters. The topological polar surface area (TPSA) is 59.8 Å². The van der Waals surface area contributed by atoms with Crippen molar-refractivity contribution >= 4 is 34.9 Å². The van der Waals surface area contributed by atoms with E-state index in [1.807, 2.05) is 36.4 Å². The van der Waals surface area contributed by atoms with Gasteiger partial charge in [0, 0.05) is 38.9 Å². The summed E-state index contributed by atoms with van der Waals surface area (Å²) in [5, 5.41) is 9.20. The number of nitrogens with one attached hydrogen (secondary N) is 1. The summed E-state index contributed by atoms with van der Waals surface area (Å²) in [4.78, 5) is 18.0. The third-order valence-electron chi connectivity index (χ3n) is 5.62. The molecule has 30 heavy (non-hydrogen) atoms. The molecule has 0 unspecified atom stereocenters. The Morgan fingerprint density at radius 2 is 1.87 bits per heavy atom. The second kappa shape index (κ2) is 6.96. The highest BCUT2D eigenvalue weighted by atomic mass is 35.5. The van der Waals surface area contributed by atoms with Crippen LogP contribution in [0.1, 0.15) is 38.3 Å². The lowest BCUT2D eigenvalue weighted by Crippen LogP contribution is -2.36. The molecule has 2 heterocycles. The number of ketones is 1. The Hall–Kier alpha value is -2.63. The fourth-order valence-corrected chi connectivity index (χ4v) is 4.84. The average molecular weight is 439 g/mol. The summed E-state index contributed by atoms with van der Waals surface area (Å²) in [5.41, 5.74) is 3.17. The van der Waals surface area contributed by atoms with Crippen LogP contribution in [-0.2, 0) is 4.79 Å². The predicted molar refractivity (Wildman–Crippen MR) is 119 cm³/mol. The van der Waals surface area contributed by atoms with E-state index in [-0.39, 0.29) is 11.2 Å². The highest BCUT2D eigenvalue weighted by Crippen LogP contribution is 2.47. The van der Waals surface area contributed by atoms with E-state index in [4.69, 9.17) is 33.3 Å². The van der Waals surface area contributed by atoms with Crippen molar-refractivity contribution in [1.82, 2.24) is 14.8 Å². The summed E-state index contributed by atoms with van der Waals surface area (Å²) in [6.45, 7) is 4.21. The van der Waals surface area contributed by atoms with E-state index in [9.17, 15) is 4.79 Å². The zero-order valence-corrected chi connectivity index (χ0v) is 18.1. The van der Waals surface area contributed by atoms with Gasteiger partial charge in [0.2, 0.25) is 5.95 Å². The first-order chi connectivity index (χ1) is 14.3. The Kier molecular flexibility index (Phi) is 4.49. The SMILES string of the molecule is CC1(C)CC(=O)C2=C(C1)Nc1nc(-c3ccccc3)nn1[C@@H]2c1ccc(Cl)cc1Cl. The summed E-state index contributed by atoms with van der Waals surface area (Å²) in [6.07, 6.45) is 1.23. The molecular weight excluding hydrogens is 419 g/mol. The lowest BCUT2D eigenvalue weighted by molar-refractivity contribution is -0.118. The number of Topliss-reactive ketones (excluding diaryl/α,β-unsaturated/α-hetero) is 1. The van der Waals surface area contributed by atoms with Gasteiger partial charge in [0.25, 0.3) is 0 Å². The number of hydrogen-bond acceptors (Lipinski definition) is 4. The number of allylic oxidation sites excluding steroid dienone is 2. The maximum absolute atomic E-state index is 13.3. The quantitative estimate of drug-likeness (QED) is 0.539. The number of hydrogen-bond donors (Lipinski definition) is 1. The van der Waals surface area contributed by atoms with Crippen LogP contribution in [0.25, 0.3) is 11.4 Å². The van der Waals surface area contributed by atoms with Crippen molar-refractivity contribution in [3.8, 4) is 11.4 Å². The van der Waals surface area contributed by atoms with E-state index >= 15 is 0 Å². The molecule has 2 aromatic carbocycles. The smallest absolute Gasteiger partial charge is 0.226 e. The zero-order valence-electron chi connectivity index (χ0n) is 16.6. The first-order valence-corrected chi connectivity index (χ1v) is 10.6. The third-order valence-corrected chi connectivity index (χ3v) is 6.18. The number of carbonyl (C=O) groups is 1. The number of benzene rings is 2. The maximum atomic E-state index is 13.3. The van der Waals surface area contributed by atoms with Gasteiger partial charge in [-0.3, -0.25) is 4.79 Å². The molecular formula is C23H20Cl2N4O. The van der Waals surface area contributed by atoms with Gasteiger partial charge in [-0.15, -0.1) is 5.10 Å². The Morgan fingerprint density at radius 3 is 2.60 bits per heavy atom. The average Bonchev–Trinajstić information content (AvgIpc) is 3.10. The van der Waals surface area contributed by atoms with E-state index < -0.39 is 6.04 Å². The molecule has 2 aliphatic rings. The molecule has 7 heteroatoms. The Bertz CT molecular complexity index is 1200. The van der Waals surface area contributed by atoms with Crippen LogP contribution in [0.5, 0.6) is 0 Å². The Morgan fingerprint density at radius 1 is 1.10 bits per heavy atom. The zero-order chi connectivity index (χ0) is 21.0. The van der Waals surface area contributed by atoms with Gasteiger partial charge in [-0.2, -0.15) is 4.98 Å². The van der Waals surface area contributed by atoms with Crippen molar-refractivity contribution in [3.63, 3.8) is 0 Å². The molecule has 1 aliphatic carbocycles. The molecule has 152 valence electrons. The van der Waals surface area contributed by atoms with Crippen molar-refractivity contribution in [3.05, 3.63) is 75.4 Å². The van der Waals surface area contributed by atoms with Gasteiger partial charge in [0.1, 0.15) is 6.04 Å². The largest absolute Gasteiger partial charge is 0.328 e. The number of rotatable bonds is 2. The monoisotopic (exact) mass is 438 g/mol. The molecule has 0 amide bonds. The van der Waals surface area contributed by atoms with E-state index in [1.165, 1.54) is 0 Å². The number of anilines is 1. The second-order valence-electron chi connectivity index (χ2n) is 8.60. The van der Waals surface area contributed by atoms with Crippen LogP contribution in [0.2, 0.25) is 10.0 Å². The van der Waals surface area contributed by atoms with Gasteiger partial charge >= 0.3 is 0 Å². The molecule has 1 N–H and O–H groups in total. The highest BCUT2D eigenvalue weighted by Gasteiger charge is 2.42. The number of aromatic nitrogens is 3. The van der Waals surface area contributed by atoms with E-state index in [1.54, 1.807) is 16.8 Å². The fraction of sp³-hybridized carbons (Fsp3) is 0.261. The lowest BCUT2D eigenvalue weighted by Gasteiger charge is -2.38. The molecule has 3 aromatic rings. The molecule has 0 spiro atoms. The van der Waals surface area contributed by atoms with Crippen LogP contribution >= 0.6 is 23.2 Å². The summed E-state index contributed by atoms with van der Waals surface area (Å²) in [6, 6.07) is 14.7. The first kappa shape index (κ1) is 19.3. The highest BCUT2D eigenvalue weighted by molar-refractivity contribution is 6.35. The van der Waals surface area contributed by atoms with Crippen LogP contribution in [0.15, 0.2) is 59.8 Å². The van der Waals surface area contributed by atoms with Crippen LogP contribution in [0, 0.1) is 5.41 Å². The van der Waals surface area contributed by atoms with Crippen molar-refractivity contribution in [2.75, 3.05) is 5.32 Å². The van der Waals surface area contributed by atoms with Gasteiger partial charge in [0.05, 0.1) is 0 Å². The molecule has 5 rings (SSSR count). The van der Waals surface area contributed by atoms with Crippen LogP contribution in [0.4, 0.5) is 5.95 Å². The minimum atomic E-state index is -0.449. The van der Waals surface area contributed by atoms with E-state index in [2.05, 4.69) is 19.2 Å². The molecule has 0 fully saturated rings. The van der Waals surface area contributed by atoms with E-state index in [0.717, 1.165) is 23.2 Å². The minimum absolute atomic E-state index is 0.104. The Balaban J connectivity index is 1.72. The predicted octanol–water partition coefficient (Wildman–Crippen LogP) is 5.91. The minimum Gasteiger partial charge on any atom is -0.328 e. The molecule has 5 nitrogen and oxygen atoms in total. The van der Waals surface area contributed by atoms with Crippen LogP contribution < -0.4 is 5.32 Å². The van der Waals surface area contributed by atoms with Gasteiger partial charge in [0.15, 0.2) is 11.6 Å². The van der Waals surface area contributed by atoms with Gasteiger partial charge in [-0.25, -0.2) is 4.68 Å². The maximum Gasteiger partial charge on any atom is 0.226 e. The van der Waals surface area contributed by atoms with Gasteiger partial charge in [-0.1, -0.05) is 73.4 Å². The summed E-state index contributed by atoms with van der Waals surface area (Å²) in [7, 11) is 0. The van der Waals surface area contributed by atoms with Crippen molar-refractivity contribution < 1.29 is 4.79 Å². The Labute approximate surface area is 184 Å². The number of nitrogens with zero attached hydrogens (tertiary/aromatic N) is 3. The van der Waals surface area contributed by atoms with Crippen molar-refractivity contribution in [1.29, 1.82) is 0 Å². The van der Waals surface area contributed by atoms with Crippen molar-refractivity contribution in [2.45, 2.75) is 32.7 Å². The van der Waals surface area contributed by atoms with Gasteiger partial charge < -0.3 is 5.32 Å². The first-order valence-electron chi connectivity index (χ1n) is 9.82.